The zero-order valence-electron chi connectivity index (χ0n) is 15.3. The first-order chi connectivity index (χ1) is 13.1. The highest BCUT2D eigenvalue weighted by atomic mass is 35.5. The maximum atomic E-state index is 12.5. The van der Waals surface area contributed by atoms with Crippen molar-refractivity contribution in [2.24, 2.45) is 0 Å². The number of hydrogen-bond acceptors (Lipinski definition) is 5. The Hall–Kier alpha value is -2.02. The summed E-state index contributed by atoms with van der Waals surface area (Å²) in [5.41, 5.74) is 1.64. The van der Waals surface area contributed by atoms with E-state index in [0.29, 0.717) is 18.2 Å². The van der Waals surface area contributed by atoms with Gasteiger partial charge in [0.25, 0.3) is 5.91 Å². The number of rotatable bonds is 4. The predicted molar refractivity (Wildman–Crippen MR) is 103 cm³/mol. The smallest absolute Gasteiger partial charge is 0.254 e. The predicted octanol–water partition coefficient (Wildman–Crippen LogP) is 2.64. The average molecular weight is 387 g/mol. The molecule has 1 aromatic carbocycles. The molecule has 0 bridgehead atoms. The molecular formula is C20H23ClN4O2. The van der Waals surface area contributed by atoms with Gasteiger partial charge in [0.15, 0.2) is 0 Å². The minimum Gasteiger partial charge on any atom is -0.371 e. The topological polar surface area (TPSA) is 67.3 Å². The summed E-state index contributed by atoms with van der Waals surface area (Å²) in [6.07, 6.45) is 4.90. The number of aromatic nitrogens is 2. The van der Waals surface area contributed by atoms with Crippen LogP contribution in [-0.2, 0) is 11.2 Å². The molecule has 27 heavy (non-hydrogen) atoms. The Kier molecular flexibility index (Phi) is 5.38. The second kappa shape index (κ2) is 7.92. The van der Waals surface area contributed by atoms with Crippen molar-refractivity contribution in [3.05, 3.63) is 58.6 Å². The highest BCUT2D eigenvalue weighted by molar-refractivity contribution is 6.30. The summed E-state index contributed by atoms with van der Waals surface area (Å²) in [7, 11) is 0. The number of halogens is 1. The Labute approximate surface area is 163 Å². The van der Waals surface area contributed by atoms with Gasteiger partial charge < -0.3 is 10.1 Å². The molecule has 0 aliphatic carbocycles. The number of aryl methyl sites for hydroxylation is 1. The van der Waals surface area contributed by atoms with E-state index in [4.69, 9.17) is 16.3 Å². The van der Waals surface area contributed by atoms with E-state index in [9.17, 15) is 4.79 Å². The fourth-order valence-corrected chi connectivity index (χ4v) is 3.91. The first-order valence-corrected chi connectivity index (χ1v) is 9.73. The number of ether oxygens (including phenoxy) is 1. The van der Waals surface area contributed by atoms with Gasteiger partial charge in [0.2, 0.25) is 0 Å². The summed E-state index contributed by atoms with van der Waals surface area (Å²) >= 11 is 5.97. The van der Waals surface area contributed by atoms with Gasteiger partial charge in [-0.15, -0.1) is 0 Å². The van der Waals surface area contributed by atoms with Crippen LogP contribution >= 0.6 is 11.6 Å². The first kappa shape index (κ1) is 18.3. The molecular weight excluding hydrogens is 364 g/mol. The number of amides is 1. The number of fused-ring (bicyclic) bond motifs is 1. The Morgan fingerprint density at radius 3 is 2.70 bits per heavy atom. The van der Waals surface area contributed by atoms with Gasteiger partial charge in [-0.2, -0.15) is 0 Å². The maximum absolute atomic E-state index is 12.5. The van der Waals surface area contributed by atoms with Crippen LogP contribution in [0.15, 0.2) is 36.7 Å². The largest absolute Gasteiger partial charge is 0.371 e. The summed E-state index contributed by atoms with van der Waals surface area (Å²) in [5.74, 6) is 0.632. The van der Waals surface area contributed by atoms with Crippen LogP contribution in [0.4, 0.5) is 0 Å². The lowest BCUT2D eigenvalue weighted by Gasteiger charge is -2.35. The number of nitrogens with zero attached hydrogens (tertiary/aromatic N) is 3. The summed E-state index contributed by atoms with van der Waals surface area (Å²) in [4.78, 5) is 23.3. The summed E-state index contributed by atoms with van der Waals surface area (Å²) in [6.45, 7) is 4.32. The molecule has 2 aliphatic heterocycles. The van der Waals surface area contributed by atoms with Gasteiger partial charge in [-0.05, 0) is 24.1 Å². The van der Waals surface area contributed by atoms with Crippen molar-refractivity contribution in [2.75, 3.05) is 19.7 Å². The van der Waals surface area contributed by atoms with E-state index >= 15 is 0 Å². The zero-order valence-corrected chi connectivity index (χ0v) is 16.0. The Morgan fingerprint density at radius 1 is 1.26 bits per heavy atom. The SMILES string of the molecule is CCc1ncc(C(=O)N[C@H]2C[C@H]3CO[C@@H](c4ccc(Cl)cc4)CN3C2)cn1. The van der Waals surface area contributed by atoms with E-state index in [2.05, 4.69) is 20.2 Å². The Bertz CT molecular complexity index is 797. The van der Waals surface area contributed by atoms with Gasteiger partial charge in [0.1, 0.15) is 5.82 Å². The van der Waals surface area contributed by atoms with E-state index < -0.39 is 0 Å². The summed E-state index contributed by atoms with van der Waals surface area (Å²) in [5, 5.41) is 3.85. The molecule has 2 aliphatic rings. The zero-order chi connectivity index (χ0) is 18.8. The van der Waals surface area contributed by atoms with Gasteiger partial charge >= 0.3 is 0 Å². The molecule has 1 aromatic heterocycles. The number of carbonyl (C=O) groups is 1. The molecule has 1 amide bonds. The molecule has 0 radical (unpaired) electrons. The third kappa shape index (κ3) is 4.13. The van der Waals surface area contributed by atoms with Crippen LogP contribution < -0.4 is 5.32 Å². The highest BCUT2D eigenvalue weighted by Crippen LogP contribution is 2.30. The molecule has 7 heteroatoms. The average Bonchev–Trinajstić information content (AvgIpc) is 3.10. The molecule has 0 saturated carbocycles. The molecule has 2 fully saturated rings. The van der Waals surface area contributed by atoms with E-state index in [1.54, 1.807) is 12.4 Å². The van der Waals surface area contributed by atoms with Gasteiger partial charge in [-0.25, -0.2) is 9.97 Å². The quantitative estimate of drug-likeness (QED) is 0.874. The molecule has 0 unspecified atom stereocenters. The van der Waals surface area contributed by atoms with Crippen molar-refractivity contribution in [2.45, 2.75) is 38.0 Å². The first-order valence-electron chi connectivity index (χ1n) is 9.35. The van der Waals surface area contributed by atoms with Crippen molar-refractivity contribution < 1.29 is 9.53 Å². The fourth-order valence-electron chi connectivity index (χ4n) is 3.78. The molecule has 2 saturated heterocycles. The molecule has 6 nitrogen and oxygen atoms in total. The number of nitrogens with one attached hydrogen (secondary N) is 1. The number of morpholine rings is 1. The van der Waals surface area contributed by atoms with E-state index in [1.165, 1.54) is 0 Å². The lowest BCUT2D eigenvalue weighted by molar-refractivity contribution is -0.0502. The second-order valence-corrected chi connectivity index (χ2v) is 7.57. The minimum absolute atomic E-state index is 0.0444. The van der Waals surface area contributed by atoms with Gasteiger partial charge in [0.05, 0.1) is 18.3 Å². The molecule has 3 atom stereocenters. The van der Waals surface area contributed by atoms with Gasteiger partial charge in [-0.3, -0.25) is 9.69 Å². The van der Waals surface area contributed by atoms with Crippen molar-refractivity contribution >= 4 is 17.5 Å². The van der Waals surface area contributed by atoms with Crippen LogP contribution in [0.5, 0.6) is 0 Å². The van der Waals surface area contributed by atoms with Crippen molar-refractivity contribution in [1.29, 1.82) is 0 Å². The second-order valence-electron chi connectivity index (χ2n) is 7.13. The van der Waals surface area contributed by atoms with Gasteiger partial charge in [0, 0.05) is 49.0 Å². The maximum Gasteiger partial charge on any atom is 0.254 e. The van der Waals surface area contributed by atoms with Crippen molar-refractivity contribution in [1.82, 2.24) is 20.2 Å². The normalized spacial score (nSPS) is 25.2. The molecule has 4 rings (SSSR count). The van der Waals surface area contributed by atoms with E-state index in [-0.39, 0.29) is 18.1 Å². The molecule has 142 valence electrons. The lowest BCUT2D eigenvalue weighted by Crippen LogP contribution is -2.43. The summed E-state index contributed by atoms with van der Waals surface area (Å²) in [6, 6.07) is 8.28. The Morgan fingerprint density at radius 2 is 2.00 bits per heavy atom. The summed E-state index contributed by atoms with van der Waals surface area (Å²) < 4.78 is 6.06. The van der Waals surface area contributed by atoms with Crippen LogP contribution in [0.1, 0.15) is 41.2 Å². The van der Waals surface area contributed by atoms with Gasteiger partial charge in [-0.1, -0.05) is 30.7 Å². The van der Waals surface area contributed by atoms with Crippen LogP contribution in [-0.4, -0.2) is 52.6 Å². The monoisotopic (exact) mass is 386 g/mol. The highest BCUT2D eigenvalue weighted by Gasteiger charge is 2.38. The molecule has 2 aromatic rings. The van der Waals surface area contributed by atoms with Crippen LogP contribution in [0.3, 0.4) is 0 Å². The fraction of sp³-hybridized carbons (Fsp3) is 0.450. The van der Waals surface area contributed by atoms with Crippen LogP contribution in [0.2, 0.25) is 5.02 Å². The van der Waals surface area contributed by atoms with Crippen molar-refractivity contribution in [3.63, 3.8) is 0 Å². The molecule has 0 spiro atoms. The van der Waals surface area contributed by atoms with E-state index in [1.807, 2.05) is 31.2 Å². The lowest BCUT2D eigenvalue weighted by atomic mass is 10.1. The van der Waals surface area contributed by atoms with E-state index in [0.717, 1.165) is 42.3 Å². The van der Waals surface area contributed by atoms with Crippen molar-refractivity contribution in [3.8, 4) is 0 Å². The third-order valence-corrected chi connectivity index (χ3v) is 5.53. The molecule has 1 N–H and O–H groups in total. The third-order valence-electron chi connectivity index (χ3n) is 5.28. The molecule has 3 heterocycles. The standard InChI is InChI=1S/C20H23ClN4O2/c1-2-19-22-8-14(9-23-19)20(26)24-16-7-17-12-27-18(11-25(17)10-16)13-3-5-15(21)6-4-13/h3-6,8-9,16-18H,2,7,10-12H2,1H3,(H,24,26)/t16-,17-,18+/m0/s1. The number of benzene rings is 1. The van der Waals surface area contributed by atoms with Crippen LogP contribution in [0, 0.1) is 0 Å². The minimum atomic E-state index is -0.113. The van der Waals surface area contributed by atoms with Crippen LogP contribution in [0.25, 0.3) is 0 Å². The Balaban J connectivity index is 1.35. The number of hydrogen-bond donors (Lipinski definition) is 1. The number of carbonyl (C=O) groups excluding carboxylic acids is 1.